The van der Waals surface area contributed by atoms with E-state index in [9.17, 15) is 0 Å². The summed E-state index contributed by atoms with van der Waals surface area (Å²) in [6.07, 6.45) is 10.4. The van der Waals surface area contributed by atoms with Crippen molar-refractivity contribution < 1.29 is 13.1 Å². The van der Waals surface area contributed by atoms with Crippen molar-refractivity contribution in [1.82, 2.24) is 26.3 Å². The van der Waals surface area contributed by atoms with Gasteiger partial charge in [-0.3, -0.25) is 4.98 Å². The zero-order chi connectivity index (χ0) is 22.1. The molecule has 0 saturated heterocycles. The Morgan fingerprint density at radius 3 is 1.55 bits per heavy atom. The van der Waals surface area contributed by atoms with Crippen LogP contribution >= 0.6 is 20.2 Å². The summed E-state index contributed by atoms with van der Waals surface area (Å²) < 4.78 is 0. The van der Waals surface area contributed by atoms with Crippen LogP contribution in [0.25, 0.3) is 0 Å². The summed E-state index contributed by atoms with van der Waals surface area (Å²) in [5.41, 5.74) is 2.34. The van der Waals surface area contributed by atoms with Crippen LogP contribution in [0.2, 0.25) is 0 Å². The van der Waals surface area contributed by atoms with Crippen molar-refractivity contribution in [2.45, 2.75) is 101 Å². The number of halogens is 2. The molecule has 4 rings (SSSR count). The first-order valence-electron chi connectivity index (χ1n) is 11.9. The fourth-order valence-electron chi connectivity index (χ4n) is 5.43. The standard InChI is InChI=1S/C23H39N5.2ClH.Mn/c1-16-18-12-7-13-19(28-18)17(2)27-23-11-6-4-9-21(23)25-15-14-24-20-8-3-5-10-22(20)26-16;;;/h7,12-13,16-17,20-27H,3-6,8-11,14-15H2,1-2H3;2*1H;/q;;;+2/p-2/t16-,17+,20-,21-,22+,23-;;;/m0.../s1. The molecule has 4 N–H and O–H groups in total. The summed E-state index contributed by atoms with van der Waals surface area (Å²) in [4.78, 5) is 5.06. The number of nitrogens with one attached hydrogen (secondary N) is 4. The van der Waals surface area contributed by atoms with Gasteiger partial charge in [0.25, 0.3) is 0 Å². The molecule has 177 valence electrons. The van der Waals surface area contributed by atoms with Gasteiger partial charge in [-0.1, -0.05) is 31.7 Å². The van der Waals surface area contributed by atoms with E-state index in [1.807, 2.05) is 0 Å². The van der Waals surface area contributed by atoms with E-state index < -0.39 is 0 Å². The third-order valence-corrected chi connectivity index (χ3v) is 7.08. The molecule has 0 amide bonds. The Balaban J connectivity index is 0.000000858. The summed E-state index contributed by atoms with van der Waals surface area (Å²) in [5.74, 6) is 0. The van der Waals surface area contributed by atoms with Crippen LogP contribution in [-0.2, 0) is 13.1 Å². The van der Waals surface area contributed by atoms with Crippen molar-refractivity contribution in [1.29, 1.82) is 0 Å². The number of rotatable bonds is 0. The summed E-state index contributed by atoms with van der Waals surface area (Å²) >= 11 is 0.00694. The Bertz CT molecular complexity index is 603. The predicted octanol–water partition coefficient (Wildman–Crippen LogP) is 4.57. The molecule has 2 bridgehead atoms. The number of hydrogen-bond acceptors (Lipinski definition) is 5. The van der Waals surface area contributed by atoms with Gasteiger partial charge in [0.2, 0.25) is 0 Å². The van der Waals surface area contributed by atoms with Crippen LogP contribution in [0.4, 0.5) is 0 Å². The molecule has 31 heavy (non-hydrogen) atoms. The first-order valence-corrected chi connectivity index (χ1v) is 15.2. The van der Waals surface area contributed by atoms with Gasteiger partial charge in [-0.05, 0) is 51.7 Å². The molecule has 2 heterocycles. The van der Waals surface area contributed by atoms with Crippen LogP contribution in [0.1, 0.15) is 88.7 Å². The first-order chi connectivity index (χ1) is 15.1. The van der Waals surface area contributed by atoms with Crippen LogP contribution < -0.4 is 21.3 Å². The maximum absolute atomic E-state index is 5.06. The fourth-order valence-corrected chi connectivity index (χ4v) is 5.43. The molecule has 2 saturated carbocycles. The van der Waals surface area contributed by atoms with Gasteiger partial charge < -0.3 is 21.3 Å². The second kappa shape index (κ2) is 13.7. The van der Waals surface area contributed by atoms with E-state index in [0.717, 1.165) is 13.1 Å². The van der Waals surface area contributed by atoms with Crippen molar-refractivity contribution >= 4 is 20.2 Å². The van der Waals surface area contributed by atoms with Crippen molar-refractivity contribution in [2.24, 2.45) is 0 Å². The Kier molecular flexibility index (Phi) is 11.4. The quantitative estimate of drug-likeness (QED) is 0.385. The molecule has 0 radical (unpaired) electrons. The van der Waals surface area contributed by atoms with Gasteiger partial charge in [0.05, 0.1) is 11.4 Å². The van der Waals surface area contributed by atoms with Gasteiger partial charge in [-0.2, -0.15) is 0 Å². The third kappa shape index (κ3) is 7.82. The summed E-state index contributed by atoms with van der Waals surface area (Å²) in [6, 6.07) is 9.34. The Morgan fingerprint density at radius 2 is 1.13 bits per heavy atom. The van der Waals surface area contributed by atoms with Crippen LogP contribution in [0.5, 0.6) is 0 Å². The second-order valence-electron chi connectivity index (χ2n) is 9.22. The summed E-state index contributed by atoms with van der Waals surface area (Å²) in [6.45, 7) is 6.66. The molecular weight excluding hydrogens is 472 g/mol. The second-order valence-corrected chi connectivity index (χ2v) is 11.2. The van der Waals surface area contributed by atoms with E-state index in [2.05, 4.69) is 53.3 Å². The van der Waals surface area contributed by atoms with E-state index in [0.29, 0.717) is 24.2 Å². The average Bonchev–Trinajstić information content (AvgIpc) is 2.79. The SMILES string of the molecule is C[C@@H]1N[C@@H]2CCCC[C@@H]2NCCN[C@H]2CCCC[C@@H]2N[C@H](C)c2cccc1n2.[Cl][Mn][Cl]. The van der Waals surface area contributed by atoms with Crippen molar-refractivity contribution in [3.8, 4) is 0 Å². The molecule has 8 heteroatoms. The van der Waals surface area contributed by atoms with Crippen LogP contribution in [0, 0.1) is 0 Å². The molecule has 2 aliphatic carbocycles. The molecule has 0 aromatic carbocycles. The molecule has 3 aliphatic rings. The average molecular weight is 511 g/mol. The predicted molar refractivity (Wildman–Crippen MR) is 127 cm³/mol. The van der Waals surface area contributed by atoms with E-state index in [1.54, 1.807) is 0 Å². The third-order valence-electron chi connectivity index (χ3n) is 7.08. The number of fused-ring (bicyclic) bond motifs is 4. The van der Waals surface area contributed by atoms with Crippen molar-refractivity contribution in [3.05, 3.63) is 29.6 Å². The van der Waals surface area contributed by atoms with Gasteiger partial charge in [0.15, 0.2) is 0 Å². The van der Waals surface area contributed by atoms with Gasteiger partial charge in [0.1, 0.15) is 0 Å². The monoisotopic (exact) mass is 510 g/mol. The van der Waals surface area contributed by atoms with E-state index in [1.165, 1.54) is 62.8 Å². The molecule has 1 aromatic rings. The topological polar surface area (TPSA) is 61.0 Å². The zero-order valence-corrected chi connectivity index (χ0v) is 21.5. The molecule has 0 unspecified atom stereocenters. The van der Waals surface area contributed by atoms with Gasteiger partial charge in [0, 0.05) is 49.3 Å². The van der Waals surface area contributed by atoms with Crippen molar-refractivity contribution in [2.75, 3.05) is 13.1 Å². The van der Waals surface area contributed by atoms with E-state index in [-0.39, 0.29) is 25.2 Å². The van der Waals surface area contributed by atoms with Crippen molar-refractivity contribution in [3.63, 3.8) is 0 Å². The first kappa shape index (κ1) is 25.7. The van der Waals surface area contributed by atoms with Gasteiger partial charge >= 0.3 is 33.3 Å². The van der Waals surface area contributed by atoms with Crippen LogP contribution in [0.3, 0.4) is 0 Å². The normalized spacial score (nSPS) is 34.7. The van der Waals surface area contributed by atoms with Crippen LogP contribution in [-0.4, -0.2) is 42.2 Å². The van der Waals surface area contributed by atoms with Gasteiger partial charge in [-0.15, -0.1) is 0 Å². The molecule has 1 aliphatic heterocycles. The summed E-state index contributed by atoms with van der Waals surface area (Å²) in [5, 5.41) is 15.5. The number of nitrogens with zero attached hydrogens (tertiary/aromatic N) is 1. The molecule has 5 nitrogen and oxygen atoms in total. The Morgan fingerprint density at radius 1 is 0.742 bits per heavy atom. The van der Waals surface area contributed by atoms with Crippen LogP contribution in [0.15, 0.2) is 18.2 Å². The Labute approximate surface area is 203 Å². The number of hydrogen-bond donors (Lipinski definition) is 4. The molecular formula is C23H39Cl2MnN5. The maximum atomic E-state index is 5.06. The zero-order valence-electron chi connectivity index (χ0n) is 18.8. The fraction of sp³-hybridized carbons (Fsp3) is 0.783. The van der Waals surface area contributed by atoms with Gasteiger partial charge in [-0.25, -0.2) is 0 Å². The summed E-state index contributed by atoms with van der Waals surface area (Å²) in [7, 11) is 9.59. The molecule has 6 atom stereocenters. The minimum atomic E-state index is 0.00694. The number of pyridine rings is 1. The molecule has 2 fully saturated rings. The minimum absolute atomic E-state index is 0.00694. The van der Waals surface area contributed by atoms with E-state index in [4.69, 9.17) is 25.2 Å². The molecule has 1 aromatic heterocycles. The Hall–Kier alpha value is 0.0895. The van der Waals surface area contributed by atoms with E-state index >= 15 is 0 Å². The molecule has 0 spiro atoms. The number of aromatic nitrogens is 1.